The molecule has 3 aromatic rings. The molecule has 0 spiro atoms. The maximum absolute atomic E-state index is 12.9. The van der Waals surface area contributed by atoms with Crippen LogP contribution < -0.4 is 14.3 Å². The predicted molar refractivity (Wildman–Crippen MR) is 135 cm³/mol. The molecule has 37 heavy (non-hydrogen) atoms. The number of methoxy groups -OCH3 is 2. The van der Waals surface area contributed by atoms with Crippen molar-refractivity contribution in [2.24, 2.45) is 10.9 Å². The lowest BCUT2D eigenvalue weighted by atomic mass is 9.97. The van der Waals surface area contributed by atoms with Crippen molar-refractivity contribution in [1.82, 2.24) is 9.47 Å². The number of likely N-dealkylation sites (tertiary alicyclic amines) is 1. The number of piperidine rings is 1. The third-order valence-electron chi connectivity index (χ3n) is 6.09. The normalized spacial score (nSPS) is 14.5. The van der Waals surface area contributed by atoms with Gasteiger partial charge in [0.1, 0.15) is 5.76 Å². The fraction of sp³-hybridized carbons (Fsp3) is 0.385. The lowest BCUT2D eigenvalue weighted by Gasteiger charge is -2.30. The molecule has 1 fully saturated rings. The van der Waals surface area contributed by atoms with E-state index in [2.05, 4.69) is 4.99 Å². The zero-order valence-electron chi connectivity index (χ0n) is 21.0. The van der Waals surface area contributed by atoms with Crippen LogP contribution in [0.2, 0.25) is 0 Å². The number of aromatic nitrogens is 1. The fourth-order valence-corrected chi connectivity index (χ4v) is 4.83. The minimum Gasteiger partial charge on any atom is -0.493 e. The van der Waals surface area contributed by atoms with Gasteiger partial charge in [0, 0.05) is 30.2 Å². The molecule has 2 aromatic heterocycles. The highest BCUT2D eigenvalue weighted by Gasteiger charge is 2.29. The summed E-state index contributed by atoms with van der Waals surface area (Å²) in [4.78, 5) is 44.1. The molecule has 4 rings (SSSR count). The quantitative estimate of drug-likeness (QED) is 0.413. The van der Waals surface area contributed by atoms with E-state index in [0.29, 0.717) is 66.7 Å². The van der Waals surface area contributed by atoms with Gasteiger partial charge in [0.15, 0.2) is 22.1 Å². The van der Waals surface area contributed by atoms with Gasteiger partial charge in [-0.1, -0.05) is 0 Å². The topological polar surface area (TPSA) is 113 Å². The van der Waals surface area contributed by atoms with Gasteiger partial charge in [0.25, 0.3) is 11.8 Å². The summed E-state index contributed by atoms with van der Waals surface area (Å²) in [5.74, 6) is 0.764. The fourth-order valence-electron chi connectivity index (χ4n) is 4.11. The molecule has 0 unspecified atom stereocenters. The van der Waals surface area contributed by atoms with E-state index in [1.807, 2.05) is 5.38 Å². The number of thiazole rings is 1. The highest BCUT2D eigenvalue weighted by Crippen LogP contribution is 2.27. The van der Waals surface area contributed by atoms with E-state index in [1.165, 1.54) is 25.6 Å². The van der Waals surface area contributed by atoms with Gasteiger partial charge in [0.05, 0.1) is 33.3 Å². The average molecular weight is 528 g/mol. The molecule has 0 aliphatic carbocycles. The van der Waals surface area contributed by atoms with Gasteiger partial charge in [-0.25, -0.2) is 0 Å². The molecule has 0 radical (unpaired) electrons. The van der Waals surface area contributed by atoms with Crippen LogP contribution in [0.25, 0.3) is 0 Å². The first-order chi connectivity index (χ1) is 17.9. The number of hydrogen-bond donors (Lipinski definition) is 0. The van der Waals surface area contributed by atoms with E-state index in [0.717, 1.165) is 0 Å². The van der Waals surface area contributed by atoms with Gasteiger partial charge >= 0.3 is 5.97 Å². The Hall–Kier alpha value is -3.86. The first-order valence-electron chi connectivity index (χ1n) is 11.9. The van der Waals surface area contributed by atoms with Crippen LogP contribution in [-0.2, 0) is 16.1 Å². The van der Waals surface area contributed by atoms with Crippen molar-refractivity contribution in [1.29, 1.82) is 0 Å². The molecule has 11 heteroatoms. The number of ether oxygens (including phenoxy) is 3. The summed E-state index contributed by atoms with van der Waals surface area (Å²) in [7, 11) is 3.03. The zero-order valence-corrected chi connectivity index (χ0v) is 21.8. The van der Waals surface area contributed by atoms with Crippen molar-refractivity contribution in [3.63, 3.8) is 0 Å². The minimum absolute atomic E-state index is 0.171. The number of amides is 2. The molecule has 0 N–H and O–H groups in total. The lowest BCUT2D eigenvalue weighted by molar-refractivity contribution is -0.149. The smallest absolute Gasteiger partial charge is 0.309 e. The van der Waals surface area contributed by atoms with E-state index in [1.54, 1.807) is 52.9 Å². The SMILES string of the molecule is CCOC(=O)C1CCN(C(=O)c2ccc(Cn3ccsc3=NC(=O)c3ccc(OC)c(OC)c3)o2)CC1. The molecule has 10 nitrogen and oxygen atoms in total. The van der Waals surface area contributed by atoms with E-state index >= 15 is 0 Å². The van der Waals surface area contributed by atoms with Gasteiger partial charge < -0.3 is 28.1 Å². The number of rotatable bonds is 8. The number of carbonyl (C=O) groups is 3. The Bertz CT molecular complexity index is 1330. The second kappa shape index (κ2) is 11.9. The number of nitrogens with zero attached hydrogens (tertiary/aromatic N) is 3. The van der Waals surface area contributed by atoms with Crippen molar-refractivity contribution >= 4 is 29.1 Å². The van der Waals surface area contributed by atoms with E-state index in [4.69, 9.17) is 18.6 Å². The van der Waals surface area contributed by atoms with Gasteiger partial charge in [-0.2, -0.15) is 4.99 Å². The molecule has 0 bridgehead atoms. The van der Waals surface area contributed by atoms with Crippen LogP contribution in [0.1, 0.15) is 46.4 Å². The van der Waals surface area contributed by atoms with Crippen LogP contribution >= 0.6 is 11.3 Å². The van der Waals surface area contributed by atoms with Crippen LogP contribution in [0.4, 0.5) is 0 Å². The zero-order chi connectivity index (χ0) is 26.4. The molecule has 1 saturated heterocycles. The number of carbonyl (C=O) groups excluding carboxylic acids is 3. The Morgan fingerprint density at radius 2 is 1.84 bits per heavy atom. The van der Waals surface area contributed by atoms with Gasteiger partial charge in [-0.15, -0.1) is 11.3 Å². The highest BCUT2D eigenvalue weighted by molar-refractivity contribution is 7.07. The van der Waals surface area contributed by atoms with Crippen molar-refractivity contribution in [2.45, 2.75) is 26.3 Å². The highest BCUT2D eigenvalue weighted by atomic mass is 32.1. The Labute approximate surface area is 218 Å². The first-order valence-corrected chi connectivity index (χ1v) is 12.8. The van der Waals surface area contributed by atoms with Crippen LogP contribution in [0.15, 0.2) is 51.3 Å². The summed E-state index contributed by atoms with van der Waals surface area (Å²) >= 11 is 1.32. The van der Waals surface area contributed by atoms with E-state index in [9.17, 15) is 14.4 Å². The third kappa shape index (κ3) is 6.11. The van der Waals surface area contributed by atoms with Crippen molar-refractivity contribution in [3.05, 3.63) is 63.8 Å². The molecule has 1 aliphatic rings. The summed E-state index contributed by atoms with van der Waals surface area (Å²) in [5, 5.41) is 1.82. The summed E-state index contributed by atoms with van der Waals surface area (Å²) < 4.78 is 23.2. The number of benzene rings is 1. The summed E-state index contributed by atoms with van der Waals surface area (Å²) in [6.45, 7) is 3.39. The Kier molecular flexibility index (Phi) is 8.44. The summed E-state index contributed by atoms with van der Waals surface area (Å²) in [6, 6.07) is 8.26. The summed E-state index contributed by atoms with van der Waals surface area (Å²) in [6.07, 6.45) is 2.94. The largest absolute Gasteiger partial charge is 0.493 e. The van der Waals surface area contributed by atoms with Crippen molar-refractivity contribution in [2.75, 3.05) is 33.9 Å². The predicted octanol–water partition coefficient (Wildman–Crippen LogP) is 3.36. The molecule has 1 aromatic carbocycles. The average Bonchev–Trinajstić information content (AvgIpc) is 3.57. The molecule has 0 atom stereocenters. The van der Waals surface area contributed by atoms with Gasteiger partial charge in [-0.05, 0) is 50.1 Å². The number of hydrogen-bond acceptors (Lipinski definition) is 8. The Morgan fingerprint density at radius 3 is 2.54 bits per heavy atom. The maximum Gasteiger partial charge on any atom is 0.309 e. The number of esters is 1. The monoisotopic (exact) mass is 527 g/mol. The Balaban J connectivity index is 1.42. The van der Waals surface area contributed by atoms with Crippen LogP contribution in [-0.4, -0.2) is 61.2 Å². The van der Waals surface area contributed by atoms with Crippen LogP contribution in [0.5, 0.6) is 11.5 Å². The number of furan rings is 1. The molecule has 2 amide bonds. The van der Waals surface area contributed by atoms with Crippen LogP contribution in [0, 0.1) is 5.92 Å². The maximum atomic E-state index is 12.9. The Morgan fingerprint density at radius 1 is 1.08 bits per heavy atom. The minimum atomic E-state index is -0.418. The molecule has 0 saturated carbocycles. The van der Waals surface area contributed by atoms with Crippen molar-refractivity contribution in [3.8, 4) is 11.5 Å². The van der Waals surface area contributed by atoms with Gasteiger partial charge in [0.2, 0.25) is 0 Å². The molecule has 1 aliphatic heterocycles. The second-order valence-electron chi connectivity index (χ2n) is 8.38. The summed E-state index contributed by atoms with van der Waals surface area (Å²) in [5.41, 5.74) is 0.371. The first kappa shape index (κ1) is 26.2. The second-order valence-corrected chi connectivity index (χ2v) is 9.26. The third-order valence-corrected chi connectivity index (χ3v) is 6.88. The molecular formula is C26H29N3O7S. The molecule has 3 heterocycles. The lowest BCUT2D eigenvalue weighted by Crippen LogP contribution is -2.40. The van der Waals surface area contributed by atoms with Crippen LogP contribution in [0.3, 0.4) is 0 Å². The standard InChI is InChI=1S/C26H29N3O7S/c1-4-35-25(32)17-9-11-28(12-10-17)24(31)21-8-6-19(36-21)16-29-13-14-37-26(29)27-23(30)18-5-7-20(33-2)22(15-18)34-3/h5-8,13-15,17H,4,9-12,16H2,1-3H3. The molecular weight excluding hydrogens is 498 g/mol. The van der Waals surface area contributed by atoms with Gasteiger partial charge in [-0.3, -0.25) is 14.4 Å². The van der Waals surface area contributed by atoms with E-state index < -0.39 is 5.91 Å². The molecule has 196 valence electrons. The van der Waals surface area contributed by atoms with E-state index in [-0.39, 0.29) is 23.6 Å². The van der Waals surface area contributed by atoms with Crippen molar-refractivity contribution < 1.29 is 33.0 Å².